The van der Waals surface area contributed by atoms with E-state index in [9.17, 15) is 0 Å². The summed E-state index contributed by atoms with van der Waals surface area (Å²) < 4.78 is 0. The van der Waals surface area contributed by atoms with E-state index in [1.54, 1.807) is 6.08 Å². The van der Waals surface area contributed by atoms with Crippen molar-refractivity contribution in [3.05, 3.63) is 36.2 Å². The number of hydrogen-bond acceptors (Lipinski definition) is 3. The van der Waals surface area contributed by atoms with Gasteiger partial charge in [-0.2, -0.15) is 5.26 Å². The molecule has 0 radical (unpaired) electrons. The van der Waals surface area contributed by atoms with Crippen LogP contribution in [0.4, 0.5) is 11.4 Å². The molecule has 3 nitrogen and oxygen atoms in total. The van der Waals surface area contributed by atoms with Crippen molar-refractivity contribution in [2.24, 2.45) is 0 Å². The predicted molar refractivity (Wildman–Crippen MR) is 84.6 cm³/mol. The van der Waals surface area contributed by atoms with Gasteiger partial charge in [0.2, 0.25) is 0 Å². The number of benzene rings is 1. The summed E-state index contributed by atoms with van der Waals surface area (Å²) in [5.41, 5.74) is 2.47. The summed E-state index contributed by atoms with van der Waals surface area (Å²) in [5, 5.41) is 9.11. The Morgan fingerprint density at radius 2 is 1.50 bits per heavy atom. The van der Waals surface area contributed by atoms with Crippen LogP contribution in [0.1, 0.15) is 39.5 Å². The summed E-state index contributed by atoms with van der Waals surface area (Å²) in [5.74, 6) is 1.04. The first kappa shape index (κ1) is 14.5. The van der Waals surface area contributed by atoms with Gasteiger partial charge in [-0.1, -0.05) is 38.8 Å². The fraction of sp³-hybridized carbons (Fsp3) is 0.471. The number of fused-ring (bicyclic) bond motifs is 1. The van der Waals surface area contributed by atoms with Crippen molar-refractivity contribution < 1.29 is 0 Å². The van der Waals surface area contributed by atoms with Gasteiger partial charge in [-0.25, -0.2) is 0 Å². The van der Waals surface area contributed by atoms with Crippen molar-refractivity contribution in [2.75, 3.05) is 22.9 Å². The van der Waals surface area contributed by atoms with Gasteiger partial charge in [0.1, 0.15) is 5.82 Å². The van der Waals surface area contributed by atoms with Crippen molar-refractivity contribution in [3.63, 3.8) is 0 Å². The lowest BCUT2D eigenvalue weighted by atomic mass is 10.2. The molecule has 0 fully saturated rings. The van der Waals surface area contributed by atoms with Crippen LogP contribution in [0, 0.1) is 11.3 Å². The maximum absolute atomic E-state index is 9.11. The molecule has 0 atom stereocenters. The van der Waals surface area contributed by atoms with E-state index in [-0.39, 0.29) is 0 Å². The molecular weight excluding hydrogens is 246 g/mol. The Labute approximate surface area is 122 Å². The van der Waals surface area contributed by atoms with E-state index in [1.165, 1.54) is 11.4 Å². The molecule has 1 aliphatic heterocycles. The minimum absolute atomic E-state index is 0.976. The van der Waals surface area contributed by atoms with Gasteiger partial charge < -0.3 is 9.80 Å². The smallest absolute Gasteiger partial charge is 0.124 e. The van der Waals surface area contributed by atoms with Crippen LogP contribution in [-0.2, 0) is 0 Å². The molecule has 0 saturated heterocycles. The number of allylic oxidation sites excluding steroid dienone is 1. The Balaban J connectivity index is 2.36. The molecule has 0 saturated carbocycles. The van der Waals surface area contributed by atoms with Gasteiger partial charge >= 0.3 is 0 Å². The highest BCUT2D eigenvalue weighted by Gasteiger charge is 2.29. The summed E-state index contributed by atoms with van der Waals surface area (Å²) in [6.07, 6.45) is 6.28. The van der Waals surface area contributed by atoms with E-state index in [2.05, 4.69) is 54.0 Å². The molecule has 20 heavy (non-hydrogen) atoms. The fourth-order valence-corrected chi connectivity index (χ4v) is 2.63. The molecule has 1 aromatic rings. The SMILES string of the molecule is CCCCN1C(=CC#N)N(CCCC)c2ccccc21. The topological polar surface area (TPSA) is 30.3 Å². The lowest BCUT2D eigenvalue weighted by molar-refractivity contribution is 0.735. The summed E-state index contributed by atoms with van der Waals surface area (Å²) in [4.78, 5) is 4.58. The van der Waals surface area contributed by atoms with E-state index >= 15 is 0 Å². The van der Waals surface area contributed by atoms with Crippen molar-refractivity contribution in [1.29, 1.82) is 5.26 Å². The van der Waals surface area contributed by atoms with Gasteiger partial charge in [0.25, 0.3) is 0 Å². The Morgan fingerprint density at radius 1 is 1.00 bits per heavy atom. The number of hydrogen-bond donors (Lipinski definition) is 0. The van der Waals surface area contributed by atoms with Crippen LogP contribution in [-0.4, -0.2) is 13.1 Å². The first-order chi connectivity index (χ1) is 9.83. The zero-order valence-corrected chi connectivity index (χ0v) is 12.5. The monoisotopic (exact) mass is 269 g/mol. The molecule has 2 rings (SSSR count). The molecule has 0 spiro atoms. The zero-order valence-electron chi connectivity index (χ0n) is 12.5. The minimum atomic E-state index is 0.976. The van der Waals surface area contributed by atoms with E-state index in [1.807, 2.05) is 0 Å². The second-order valence-corrected chi connectivity index (χ2v) is 5.13. The van der Waals surface area contributed by atoms with Crippen molar-refractivity contribution in [3.8, 4) is 6.07 Å². The lowest BCUT2D eigenvalue weighted by Crippen LogP contribution is -2.29. The Hall–Kier alpha value is -1.95. The van der Waals surface area contributed by atoms with Crippen molar-refractivity contribution in [2.45, 2.75) is 39.5 Å². The van der Waals surface area contributed by atoms with Crippen LogP contribution < -0.4 is 9.80 Å². The van der Waals surface area contributed by atoms with E-state index in [0.29, 0.717) is 0 Å². The Bertz CT molecular complexity index is 476. The Kier molecular flexibility index (Phi) is 5.06. The standard InChI is InChI=1S/C17H23N3/c1-3-5-13-19-15-9-7-8-10-16(15)20(14-6-4-2)17(19)11-12-18/h7-11H,3-6,13-14H2,1-2H3. The number of para-hydroxylation sites is 2. The summed E-state index contributed by atoms with van der Waals surface area (Å²) in [6.45, 7) is 6.35. The molecule has 0 unspecified atom stereocenters. The normalized spacial score (nSPS) is 13.3. The van der Waals surface area contributed by atoms with E-state index in [4.69, 9.17) is 5.26 Å². The average Bonchev–Trinajstić information content (AvgIpc) is 2.77. The van der Waals surface area contributed by atoms with E-state index < -0.39 is 0 Å². The van der Waals surface area contributed by atoms with Gasteiger partial charge in [0, 0.05) is 13.1 Å². The molecule has 0 N–H and O–H groups in total. The van der Waals surface area contributed by atoms with Gasteiger partial charge in [0.15, 0.2) is 0 Å². The number of anilines is 2. The average molecular weight is 269 g/mol. The lowest BCUT2D eigenvalue weighted by Gasteiger charge is -2.24. The minimum Gasteiger partial charge on any atom is -0.325 e. The number of rotatable bonds is 6. The van der Waals surface area contributed by atoms with E-state index in [0.717, 1.165) is 44.6 Å². The molecule has 1 aromatic carbocycles. The highest BCUT2D eigenvalue weighted by Crippen LogP contribution is 2.41. The fourth-order valence-electron chi connectivity index (χ4n) is 2.63. The highest BCUT2D eigenvalue weighted by atomic mass is 15.4. The first-order valence-electron chi connectivity index (χ1n) is 7.57. The van der Waals surface area contributed by atoms with Gasteiger partial charge in [-0.05, 0) is 25.0 Å². The molecule has 1 aliphatic rings. The molecule has 0 amide bonds. The second-order valence-electron chi connectivity index (χ2n) is 5.13. The number of nitriles is 1. The highest BCUT2D eigenvalue weighted by molar-refractivity contribution is 5.82. The van der Waals surface area contributed by atoms with Crippen molar-refractivity contribution >= 4 is 11.4 Å². The third-order valence-electron chi connectivity index (χ3n) is 3.68. The molecule has 106 valence electrons. The quantitative estimate of drug-likeness (QED) is 0.722. The third-order valence-corrected chi connectivity index (χ3v) is 3.68. The van der Waals surface area contributed by atoms with Gasteiger partial charge in [-0.15, -0.1) is 0 Å². The predicted octanol–water partition coefficient (Wildman–Crippen LogP) is 4.28. The summed E-state index contributed by atoms with van der Waals surface area (Å²) >= 11 is 0. The van der Waals surface area contributed by atoms with Crippen LogP contribution >= 0.6 is 0 Å². The second kappa shape index (κ2) is 7.00. The molecule has 0 bridgehead atoms. The van der Waals surface area contributed by atoms with Crippen LogP contribution in [0.5, 0.6) is 0 Å². The zero-order chi connectivity index (χ0) is 14.4. The van der Waals surface area contributed by atoms with Crippen LogP contribution in [0.15, 0.2) is 36.2 Å². The molecule has 0 aromatic heterocycles. The maximum Gasteiger partial charge on any atom is 0.124 e. The molecule has 0 aliphatic carbocycles. The van der Waals surface area contributed by atoms with Crippen LogP contribution in [0.25, 0.3) is 0 Å². The summed E-state index contributed by atoms with van der Waals surface area (Å²) in [6, 6.07) is 10.7. The largest absolute Gasteiger partial charge is 0.325 e. The number of unbranched alkanes of at least 4 members (excludes halogenated alkanes) is 2. The first-order valence-corrected chi connectivity index (χ1v) is 7.57. The molecule has 3 heteroatoms. The van der Waals surface area contributed by atoms with Crippen molar-refractivity contribution in [1.82, 2.24) is 0 Å². The molecule has 1 heterocycles. The van der Waals surface area contributed by atoms with Gasteiger partial charge in [0.05, 0.1) is 23.5 Å². The van der Waals surface area contributed by atoms with Crippen LogP contribution in [0.3, 0.4) is 0 Å². The third kappa shape index (κ3) is 2.80. The van der Waals surface area contributed by atoms with Crippen LogP contribution in [0.2, 0.25) is 0 Å². The number of nitrogens with zero attached hydrogens (tertiary/aromatic N) is 3. The Morgan fingerprint density at radius 3 is 1.90 bits per heavy atom. The summed E-state index contributed by atoms with van der Waals surface area (Å²) in [7, 11) is 0. The molecular formula is C17H23N3. The maximum atomic E-state index is 9.11. The van der Waals surface area contributed by atoms with Gasteiger partial charge in [-0.3, -0.25) is 0 Å².